The highest BCUT2D eigenvalue weighted by Gasteiger charge is 2.16. The van der Waals surface area contributed by atoms with Crippen LogP contribution in [0.5, 0.6) is 0 Å². The van der Waals surface area contributed by atoms with E-state index in [2.05, 4.69) is 6.58 Å². The summed E-state index contributed by atoms with van der Waals surface area (Å²) in [6, 6.07) is 11.8. The first-order chi connectivity index (χ1) is 10.8. The van der Waals surface area contributed by atoms with E-state index in [1.807, 2.05) is 52.5 Å². The van der Waals surface area contributed by atoms with Crippen LogP contribution in [0.1, 0.15) is 21.5 Å². The van der Waals surface area contributed by atoms with Crippen LogP contribution in [0.2, 0.25) is 0 Å². The lowest BCUT2D eigenvalue weighted by atomic mass is 10.1. The van der Waals surface area contributed by atoms with Crippen LogP contribution in [0.3, 0.4) is 0 Å². The molecule has 0 aliphatic rings. The second kappa shape index (κ2) is 6.73. The number of ether oxygens (including phenoxy) is 1. The summed E-state index contributed by atoms with van der Waals surface area (Å²) >= 11 is 3.13. The van der Waals surface area contributed by atoms with Gasteiger partial charge in [-0.1, -0.05) is 43.0 Å². The van der Waals surface area contributed by atoms with Crippen molar-refractivity contribution >= 4 is 34.7 Å². The van der Waals surface area contributed by atoms with Gasteiger partial charge in [0, 0.05) is 21.2 Å². The fourth-order valence-corrected chi connectivity index (χ4v) is 3.70. The van der Waals surface area contributed by atoms with Gasteiger partial charge in [-0.25, -0.2) is 4.79 Å². The van der Waals surface area contributed by atoms with Crippen LogP contribution in [0.4, 0.5) is 0 Å². The number of carbonyl (C=O) groups excluding carboxylic acids is 1. The van der Waals surface area contributed by atoms with Crippen LogP contribution in [0, 0.1) is 0 Å². The van der Waals surface area contributed by atoms with E-state index in [-0.39, 0.29) is 12.6 Å². The van der Waals surface area contributed by atoms with Crippen molar-refractivity contribution in [2.24, 2.45) is 0 Å². The zero-order chi connectivity index (χ0) is 15.4. The summed E-state index contributed by atoms with van der Waals surface area (Å²) < 4.78 is 5.43. The van der Waals surface area contributed by atoms with E-state index in [4.69, 9.17) is 4.74 Å². The van der Waals surface area contributed by atoms with Crippen LogP contribution >= 0.6 is 22.7 Å². The van der Waals surface area contributed by atoms with Crippen molar-refractivity contribution in [1.82, 2.24) is 0 Å². The molecular weight excluding hydrogens is 312 g/mol. The molecule has 0 aliphatic heterocycles. The second-order valence-electron chi connectivity index (χ2n) is 4.70. The molecule has 0 spiro atoms. The molecular formula is C18H14O2S2. The van der Waals surface area contributed by atoms with Gasteiger partial charge in [0.2, 0.25) is 0 Å². The maximum absolute atomic E-state index is 12.3. The van der Waals surface area contributed by atoms with E-state index >= 15 is 0 Å². The van der Waals surface area contributed by atoms with Gasteiger partial charge >= 0.3 is 5.97 Å². The molecule has 0 unspecified atom stereocenters. The van der Waals surface area contributed by atoms with Crippen molar-refractivity contribution in [3.8, 4) is 10.4 Å². The molecule has 0 N–H and O–H groups in total. The largest absolute Gasteiger partial charge is 0.457 e. The lowest BCUT2D eigenvalue weighted by molar-refractivity contribution is 0.0474. The number of rotatable bonds is 5. The fraction of sp³-hybridized carbons (Fsp3) is 0.0556. The standard InChI is InChI=1S/C18H14O2S2/c1-2-13-5-7-14(8-6-13)10-20-18(19)16-12-21-11-15(16)17-4-3-9-22-17/h2-9,11-12H,1,10H2. The first-order valence-corrected chi connectivity index (χ1v) is 8.59. The van der Waals surface area contributed by atoms with Gasteiger partial charge in [0.25, 0.3) is 0 Å². The molecule has 22 heavy (non-hydrogen) atoms. The van der Waals surface area contributed by atoms with Gasteiger partial charge in [-0.05, 0) is 22.6 Å². The molecule has 2 aromatic heterocycles. The molecule has 2 heterocycles. The van der Waals surface area contributed by atoms with Gasteiger partial charge in [0.1, 0.15) is 6.61 Å². The average Bonchev–Trinajstić information content (AvgIpc) is 3.23. The first-order valence-electron chi connectivity index (χ1n) is 6.76. The van der Waals surface area contributed by atoms with Crippen molar-refractivity contribution < 1.29 is 9.53 Å². The predicted molar refractivity (Wildman–Crippen MR) is 93.3 cm³/mol. The molecule has 0 atom stereocenters. The van der Waals surface area contributed by atoms with Crippen LogP contribution in [-0.4, -0.2) is 5.97 Å². The van der Waals surface area contributed by atoms with Gasteiger partial charge in [-0.3, -0.25) is 0 Å². The van der Waals surface area contributed by atoms with Gasteiger partial charge < -0.3 is 4.74 Å². The maximum Gasteiger partial charge on any atom is 0.339 e. The Morgan fingerprint density at radius 1 is 1.18 bits per heavy atom. The van der Waals surface area contributed by atoms with E-state index in [9.17, 15) is 4.79 Å². The summed E-state index contributed by atoms with van der Waals surface area (Å²) in [7, 11) is 0. The van der Waals surface area contributed by atoms with Crippen LogP contribution in [-0.2, 0) is 11.3 Å². The Morgan fingerprint density at radius 2 is 2.00 bits per heavy atom. The number of thiophene rings is 2. The average molecular weight is 326 g/mol. The molecule has 0 radical (unpaired) electrons. The summed E-state index contributed by atoms with van der Waals surface area (Å²) in [6.45, 7) is 3.99. The molecule has 0 amide bonds. The Balaban J connectivity index is 1.70. The summed E-state index contributed by atoms with van der Waals surface area (Å²) in [6.07, 6.45) is 1.79. The molecule has 110 valence electrons. The Morgan fingerprint density at radius 3 is 2.68 bits per heavy atom. The smallest absolute Gasteiger partial charge is 0.339 e. The third kappa shape index (κ3) is 3.18. The normalized spacial score (nSPS) is 10.4. The Kier molecular flexibility index (Phi) is 4.51. The molecule has 3 rings (SSSR count). The number of benzene rings is 1. The van der Waals surface area contributed by atoms with E-state index in [0.717, 1.165) is 21.6 Å². The summed E-state index contributed by atoms with van der Waals surface area (Å²) in [5, 5.41) is 5.84. The molecule has 1 aromatic carbocycles. The fourth-order valence-electron chi connectivity index (χ4n) is 2.05. The predicted octanol–water partition coefficient (Wildman–Crippen LogP) is 5.48. The Hall–Kier alpha value is -2.17. The van der Waals surface area contributed by atoms with Crippen molar-refractivity contribution in [2.75, 3.05) is 0 Å². The minimum Gasteiger partial charge on any atom is -0.457 e. The molecule has 0 saturated heterocycles. The number of carbonyl (C=O) groups is 1. The van der Waals surface area contributed by atoms with Crippen LogP contribution in [0.15, 0.2) is 59.1 Å². The number of hydrogen-bond acceptors (Lipinski definition) is 4. The lowest BCUT2D eigenvalue weighted by Crippen LogP contribution is -2.05. The monoisotopic (exact) mass is 326 g/mol. The third-order valence-electron chi connectivity index (χ3n) is 3.25. The quantitative estimate of drug-likeness (QED) is 0.581. The van der Waals surface area contributed by atoms with Gasteiger partial charge in [-0.15, -0.1) is 11.3 Å². The molecule has 0 saturated carbocycles. The molecule has 0 fully saturated rings. The molecule has 4 heteroatoms. The summed E-state index contributed by atoms with van der Waals surface area (Å²) in [5.41, 5.74) is 3.60. The molecule has 2 nitrogen and oxygen atoms in total. The van der Waals surface area contributed by atoms with E-state index in [0.29, 0.717) is 5.56 Å². The van der Waals surface area contributed by atoms with Crippen LogP contribution < -0.4 is 0 Å². The molecule has 3 aromatic rings. The number of hydrogen-bond donors (Lipinski definition) is 0. The van der Waals surface area contributed by atoms with Gasteiger partial charge in [0.05, 0.1) is 5.56 Å². The van der Waals surface area contributed by atoms with E-state index < -0.39 is 0 Å². The molecule has 0 aliphatic carbocycles. The zero-order valence-corrected chi connectivity index (χ0v) is 13.5. The van der Waals surface area contributed by atoms with Crippen molar-refractivity contribution in [3.05, 3.63) is 75.8 Å². The minimum atomic E-state index is -0.280. The van der Waals surface area contributed by atoms with Gasteiger partial charge in [0.15, 0.2) is 0 Å². The Labute approximate surface area is 137 Å². The minimum absolute atomic E-state index is 0.274. The lowest BCUT2D eigenvalue weighted by Gasteiger charge is -2.06. The zero-order valence-electron chi connectivity index (χ0n) is 11.8. The Bertz CT molecular complexity index is 768. The highest BCUT2D eigenvalue weighted by atomic mass is 32.1. The van der Waals surface area contributed by atoms with Crippen molar-refractivity contribution in [1.29, 1.82) is 0 Å². The second-order valence-corrected chi connectivity index (χ2v) is 6.39. The first kappa shape index (κ1) is 14.8. The third-order valence-corrected chi connectivity index (χ3v) is 4.90. The van der Waals surface area contributed by atoms with E-state index in [1.165, 1.54) is 11.3 Å². The summed E-state index contributed by atoms with van der Waals surface area (Å²) in [5.74, 6) is -0.280. The highest BCUT2D eigenvalue weighted by Crippen LogP contribution is 2.31. The van der Waals surface area contributed by atoms with Crippen LogP contribution in [0.25, 0.3) is 16.5 Å². The SMILES string of the molecule is C=Cc1ccc(COC(=O)c2cscc2-c2cccs2)cc1. The summed E-state index contributed by atoms with van der Waals surface area (Å²) in [4.78, 5) is 13.4. The van der Waals surface area contributed by atoms with Gasteiger partial charge in [-0.2, -0.15) is 11.3 Å². The maximum atomic E-state index is 12.3. The van der Waals surface area contributed by atoms with Crippen molar-refractivity contribution in [2.45, 2.75) is 6.61 Å². The number of esters is 1. The highest BCUT2D eigenvalue weighted by molar-refractivity contribution is 7.14. The topological polar surface area (TPSA) is 26.3 Å². The van der Waals surface area contributed by atoms with Crippen molar-refractivity contribution in [3.63, 3.8) is 0 Å². The molecule has 0 bridgehead atoms. The van der Waals surface area contributed by atoms with E-state index in [1.54, 1.807) is 17.4 Å².